The van der Waals surface area contributed by atoms with Crippen LogP contribution in [-0.2, 0) is 10.3 Å². The Morgan fingerprint density at radius 3 is 2.86 bits per heavy atom. The fourth-order valence-corrected chi connectivity index (χ4v) is 1.65. The summed E-state index contributed by atoms with van der Waals surface area (Å²) in [6, 6.07) is 0.478. The molecule has 0 spiro atoms. The van der Waals surface area contributed by atoms with Crippen molar-refractivity contribution >= 4 is 6.01 Å². The number of nitrogens with zero attached hydrogens (tertiary/aromatic N) is 2. The van der Waals surface area contributed by atoms with Crippen molar-refractivity contribution in [2.75, 3.05) is 19.0 Å². The Morgan fingerprint density at radius 2 is 2.36 bits per heavy atom. The third kappa shape index (κ3) is 1.37. The average Bonchev–Trinajstić information content (AvgIpc) is 2.54. The molecule has 5 heteroatoms. The summed E-state index contributed by atoms with van der Waals surface area (Å²) in [4.78, 5) is 4.25. The molecule has 1 aliphatic carbocycles. The predicted molar refractivity (Wildman–Crippen MR) is 51.0 cm³/mol. The molecule has 0 saturated heterocycles. The number of rotatable bonds is 4. The molecule has 1 heterocycles. The van der Waals surface area contributed by atoms with Crippen molar-refractivity contribution in [3.05, 3.63) is 5.82 Å². The molecule has 1 aliphatic rings. The van der Waals surface area contributed by atoms with Crippen LogP contribution in [0.5, 0.6) is 0 Å². The Hall–Kier alpha value is -1.10. The van der Waals surface area contributed by atoms with E-state index in [1.54, 1.807) is 7.11 Å². The van der Waals surface area contributed by atoms with Gasteiger partial charge < -0.3 is 14.6 Å². The third-order valence-corrected chi connectivity index (χ3v) is 2.71. The van der Waals surface area contributed by atoms with Crippen LogP contribution in [0.15, 0.2) is 4.52 Å². The second-order valence-electron chi connectivity index (χ2n) is 3.51. The van der Waals surface area contributed by atoms with Crippen molar-refractivity contribution in [1.29, 1.82) is 0 Å². The van der Waals surface area contributed by atoms with Gasteiger partial charge >= 0.3 is 6.01 Å². The molecule has 0 amide bonds. The number of nitrogens with one attached hydrogen (secondary N) is 1. The summed E-state index contributed by atoms with van der Waals surface area (Å²) in [5.41, 5.74) is -0.281. The van der Waals surface area contributed by atoms with Gasteiger partial charge in [-0.3, -0.25) is 0 Å². The first-order chi connectivity index (χ1) is 6.80. The average molecular weight is 197 g/mol. The Bertz CT molecular complexity index is 301. The van der Waals surface area contributed by atoms with Gasteiger partial charge in [-0.15, -0.1) is 0 Å². The van der Waals surface area contributed by atoms with Gasteiger partial charge in [-0.1, -0.05) is 5.16 Å². The summed E-state index contributed by atoms with van der Waals surface area (Å²) in [5.74, 6) is 0.669. The molecule has 0 radical (unpaired) electrons. The topological polar surface area (TPSA) is 60.2 Å². The summed E-state index contributed by atoms with van der Waals surface area (Å²) in [6.07, 6.45) is 3.13. The SMILES string of the molecule is CCNc1nc(C2(OC)CCC2)no1. The highest BCUT2D eigenvalue weighted by atomic mass is 16.5. The fourth-order valence-electron chi connectivity index (χ4n) is 1.65. The molecule has 0 aliphatic heterocycles. The quantitative estimate of drug-likeness (QED) is 0.793. The molecule has 14 heavy (non-hydrogen) atoms. The second-order valence-corrected chi connectivity index (χ2v) is 3.51. The lowest BCUT2D eigenvalue weighted by Crippen LogP contribution is -2.37. The molecule has 78 valence electrons. The number of anilines is 1. The smallest absolute Gasteiger partial charge is 0.321 e. The Balaban J connectivity index is 2.15. The van der Waals surface area contributed by atoms with Gasteiger partial charge in [-0.2, -0.15) is 4.98 Å². The molecule has 1 fully saturated rings. The van der Waals surface area contributed by atoms with Gasteiger partial charge in [-0.05, 0) is 26.2 Å². The molecule has 0 bridgehead atoms. The zero-order chi connectivity index (χ0) is 10.0. The van der Waals surface area contributed by atoms with Gasteiger partial charge in [0.1, 0.15) is 5.60 Å². The lowest BCUT2D eigenvalue weighted by Gasteiger charge is -2.37. The number of aromatic nitrogens is 2. The Kier molecular flexibility index (Phi) is 2.41. The van der Waals surface area contributed by atoms with E-state index in [0.717, 1.165) is 19.4 Å². The van der Waals surface area contributed by atoms with E-state index >= 15 is 0 Å². The number of ether oxygens (including phenoxy) is 1. The van der Waals surface area contributed by atoms with Crippen molar-refractivity contribution < 1.29 is 9.26 Å². The van der Waals surface area contributed by atoms with Crippen molar-refractivity contribution in [3.63, 3.8) is 0 Å². The normalized spacial score (nSPS) is 19.0. The van der Waals surface area contributed by atoms with E-state index in [1.165, 1.54) is 6.42 Å². The fraction of sp³-hybridized carbons (Fsp3) is 0.778. The second kappa shape index (κ2) is 3.57. The standard InChI is InChI=1S/C9H15N3O2/c1-3-10-8-11-7(12-14-8)9(13-2)5-4-6-9/h3-6H2,1-2H3,(H,10,11,12). The summed E-state index contributed by atoms with van der Waals surface area (Å²) in [6.45, 7) is 2.76. The maximum atomic E-state index is 5.44. The van der Waals surface area contributed by atoms with E-state index in [1.807, 2.05) is 6.92 Å². The van der Waals surface area contributed by atoms with Gasteiger partial charge in [0.25, 0.3) is 0 Å². The lowest BCUT2D eigenvalue weighted by atomic mass is 9.79. The minimum absolute atomic E-state index is 0.281. The molecule has 1 saturated carbocycles. The highest BCUT2D eigenvalue weighted by Crippen LogP contribution is 2.42. The van der Waals surface area contributed by atoms with Gasteiger partial charge in [-0.25, -0.2) is 0 Å². The molecule has 0 unspecified atom stereocenters. The van der Waals surface area contributed by atoms with Crippen LogP contribution >= 0.6 is 0 Å². The molecule has 0 atom stereocenters. The predicted octanol–water partition coefficient (Wildman–Crippen LogP) is 1.53. The first-order valence-electron chi connectivity index (χ1n) is 4.94. The molecular weight excluding hydrogens is 182 g/mol. The summed E-state index contributed by atoms with van der Waals surface area (Å²) >= 11 is 0. The van der Waals surface area contributed by atoms with Crippen LogP contribution in [0.2, 0.25) is 0 Å². The molecule has 2 rings (SSSR count). The molecule has 0 aromatic carbocycles. The van der Waals surface area contributed by atoms with Crippen LogP contribution < -0.4 is 5.32 Å². The van der Waals surface area contributed by atoms with E-state index in [-0.39, 0.29) is 5.60 Å². The van der Waals surface area contributed by atoms with Crippen LogP contribution in [0.3, 0.4) is 0 Å². The number of hydrogen-bond donors (Lipinski definition) is 1. The zero-order valence-electron chi connectivity index (χ0n) is 8.54. The summed E-state index contributed by atoms with van der Waals surface area (Å²) in [5, 5.41) is 6.90. The zero-order valence-corrected chi connectivity index (χ0v) is 8.54. The van der Waals surface area contributed by atoms with Gasteiger partial charge in [0, 0.05) is 13.7 Å². The lowest BCUT2D eigenvalue weighted by molar-refractivity contribution is -0.0858. The van der Waals surface area contributed by atoms with Crippen molar-refractivity contribution in [2.24, 2.45) is 0 Å². The largest absolute Gasteiger partial charge is 0.370 e. The van der Waals surface area contributed by atoms with E-state index in [0.29, 0.717) is 11.8 Å². The van der Waals surface area contributed by atoms with Crippen LogP contribution in [0.25, 0.3) is 0 Å². The van der Waals surface area contributed by atoms with Gasteiger partial charge in [0.15, 0.2) is 0 Å². The van der Waals surface area contributed by atoms with Crippen molar-refractivity contribution in [3.8, 4) is 0 Å². The maximum absolute atomic E-state index is 5.44. The molecule has 1 N–H and O–H groups in total. The highest BCUT2D eigenvalue weighted by Gasteiger charge is 2.43. The minimum atomic E-state index is -0.281. The monoisotopic (exact) mass is 197 g/mol. The molecule has 5 nitrogen and oxygen atoms in total. The molecule has 1 aromatic rings. The van der Waals surface area contributed by atoms with Crippen LogP contribution in [0.4, 0.5) is 6.01 Å². The van der Waals surface area contributed by atoms with Crippen molar-refractivity contribution in [2.45, 2.75) is 31.8 Å². The van der Waals surface area contributed by atoms with E-state index < -0.39 is 0 Å². The first kappa shape index (κ1) is 9.45. The Labute approximate surface area is 82.8 Å². The van der Waals surface area contributed by atoms with E-state index in [4.69, 9.17) is 9.26 Å². The maximum Gasteiger partial charge on any atom is 0.321 e. The Morgan fingerprint density at radius 1 is 1.57 bits per heavy atom. The minimum Gasteiger partial charge on any atom is -0.370 e. The van der Waals surface area contributed by atoms with E-state index in [2.05, 4.69) is 15.5 Å². The summed E-state index contributed by atoms with van der Waals surface area (Å²) < 4.78 is 10.5. The first-order valence-corrected chi connectivity index (χ1v) is 4.94. The number of methoxy groups -OCH3 is 1. The van der Waals surface area contributed by atoms with Crippen LogP contribution in [0.1, 0.15) is 32.0 Å². The van der Waals surface area contributed by atoms with Crippen LogP contribution in [-0.4, -0.2) is 23.8 Å². The van der Waals surface area contributed by atoms with E-state index in [9.17, 15) is 0 Å². The van der Waals surface area contributed by atoms with Crippen molar-refractivity contribution in [1.82, 2.24) is 10.1 Å². The summed E-state index contributed by atoms with van der Waals surface area (Å²) in [7, 11) is 1.70. The highest BCUT2D eigenvalue weighted by molar-refractivity contribution is 5.20. The van der Waals surface area contributed by atoms with Crippen LogP contribution in [0, 0.1) is 0 Å². The van der Waals surface area contributed by atoms with Gasteiger partial charge in [0.2, 0.25) is 5.82 Å². The third-order valence-electron chi connectivity index (χ3n) is 2.71. The molecule has 1 aromatic heterocycles. The molecular formula is C9H15N3O2. The van der Waals surface area contributed by atoms with Gasteiger partial charge in [0.05, 0.1) is 0 Å². The number of hydrogen-bond acceptors (Lipinski definition) is 5.